The average Bonchev–Trinajstić information content (AvgIpc) is 3.30. The summed E-state index contributed by atoms with van der Waals surface area (Å²) in [6.45, 7) is 6.56. The second-order valence-corrected chi connectivity index (χ2v) is 9.38. The topological polar surface area (TPSA) is 44.0 Å². The van der Waals surface area contributed by atoms with Gasteiger partial charge in [-0.1, -0.05) is 35.9 Å². The number of rotatable bonds is 3. The molecule has 2 heterocycles. The lowest BCUT2D eigenvalue weighted by atomic mass is 10.1. The Balaban J connectivity index is 1.82. The Labute approximate surface area is 179 Å². The number of aromatic nitrogens is 2. The van der Waals surface area contributed by atoms with Gasteiger partial charge in [0, 0.05) is 4.88 Å². The Morgan fingerprint density at radius 2 is 1.70 bits per heavy atom. The van der Waals surface area contributed by atoms with Gasteiger partial charge >= 0.3 is 5.69 Å². The van der Waals surface area contributed by atoms with E-state index in [4.69, 9.17) is 0 Å². The Hall–Kier alpha value is -2.92. The Morgan fingerprint density at radius 3 is 2.43 bits per heavy atom. The largest absolute Gasteiger partial charge is 0.337 e. The first-order valence-corrected chi connectivity index (χ1v) is 11.2. The van der Waals surface area contributed by atoms with Crippen LogP contribution in [0, 0.1) is 20.8 Å². The molecule has 5 heteroatoms. The van der Waals surface area contributed by atoms with Gasteiger partial charge in [-0.05, 0) is 74.4 Å². The van der Waals surface area contributed by atoms with Crippen molar-refractivity contribution in [1.82, 2.24) is 9.13 Å². The zero-order valence-corrected chi connectivity index (χ0v) is 18.3. The second kappa shape index (κ2) is 7.10. The molecule has 2 aromatic carbocycles. The number of benzene rings is 2. The third-order valence-electron chi connectivity index (χ3n) is 6.20. The molecular weight excluding hydrogens is 392 g/mol. The van der Waals surface area contributed by atoms with E-state index in [1.54, 1.807) is 15.9 Å². The first kappa shape index (κ1) is 19.1. The van der Waals surface area contributed by atoms with E-state index in [1.807, 2.05) is 32.0 Å². The molecule has 0 fully saturated rings. The van der Waals surface area contributed by atoms with E-state index in [0.717, 1.165) is 51.7 Å². The van der Waals surface area contributed by atoms with Crippen LogP contribution in [0.3, 0.4) is 0 Å². The van der Waals surface area contributed by atoms with Gasteiger partial charge in [0.2, 0.25) is 0 Å². The third kappa shape index (κ3) is 2.96. The van der Waals surface area contributed by atoms with E-state index in [0.29, 0.717) is 12.2 Å². The molecule has 0 saturated carbocycles. The molecule has 2 aromatic heterocycles. The van der Waals surface area contributed by atoms with Crippen LogP contribution in [0.2, 0.25) is 0 Å². The lowest BCUT2D eigenvalue weighted by molar-refractivity contribution is 0.718. The minimum atomic E-state index is -0.267. The highest BCUT2D eigenvalue weighted by atomic mass is 32.1. The highest BCUT2D eigenvalue weighted by Gasteiger charge is 2.25. The van der Waals surface area contributed by atoms with Crippen LogP contribution in [0.1, 0.15) is 39.1 Å². The SMILES string of the molecule is Cc1ccc(Cn2c(=O)n(-c3ccc(C)c(C)c3)c(=O)c3c4c(sc32)CCC4)cc1. The highest BCUT2D eigenvalue weighted by molar-refractivity contribution is 7.18. The third-order valence-corrected chi connectivity index (χ3v) is 7.51. The molecular formula is C25H24N2O2S. The maximum atomic E-state index is 13.6. The summed E-state index contributed by atoms with van der Waals surface area (Å²) in [6, 6.07) is 14.0. The summed E-state index contributed by atoms with van der Waals surface area (Å²) in [7, 11) is 0. The number of aryl methyl sites for hydroxylation is 5. The van der Waals surface area contributed by atoms with Gasteiger partial charge in [-0.2, -0.15) is 0 Å². The fraction of sp³-hybridized carbons (Fsp3) is 0.280. The minimum absolute atomic E-state index is 0.183. The summed E-state index contributed by atoms with van der Waals surface area (Å²) in [5, 5.41) is 0.734. The van der Waals surface area contributed by atoms with Crippen LogP contribution in [-0.4, -0.2) is 9.13 Å². The van der Waals surface area contributed by atoms with E-state index < -0.39 is 0 Å². The van der Waals surface area contributed by atoms with Crippen LogP contribution >= 0.6 is 11.3 Å². The maximum absolute atomic E-state index is 13.6. The summed E-state index contributed by atoms with van der Waals surface area (Å²) in [6.07, 6.45) is 2.99. The van der Waals surface area contributed by atoms with E-state index >= 15 is 0 Å². The zero-order valence-electron chi connectivity index (χ0n) is 17.5. The van der Waals surface area contributed by atoms with E-state index in [-0.39, 0.29) is 11.2 Å². The number of hydrogen-bond donors (Lipinski definition) is 0. The van der Waals surface area contributed by atoms with Gasteiger partial charge in [-0.15, -0.1) is 11.3 Å². The Morgan fingerprint density at radius 1 is 0.933 bits per heavy atom. The summed E-state index contributed by atoms with van der Waals surface area (Å²) in [5.41, 5.74) is 5.80. The van der Waals surface area contributed by atoms with Gasteiger partial charge in [-0.25, -0.2) is 9.36 Å². The van der Waals surface area contributed by atoms with Crippen molar-refractivity contribution < 1.29 is 0 Å². The molecule has 0 N–H and O–H groups in total. The predicted octanol–water partition coefficient (Wildman–Crippen LogP) is 4.68. The van der Waals surface area contributed by atoms with E-state index in [9.17, 15) is 9.59 Å². The molecule has 152 valence electrons. The molecule has 30 heavy (non-hydrogen) atoms. The Kier molecular flexibility index (Phi) is 4.51. The number of thiophene rings is 1. The quantitative estimate of drug-likeness (QED) is 0.487. The summed E-state index contributed by atoms with van der Waals surface area (Å²) in [4.78, 5) is 29.3. The van der Waals surface area contributed by atoms with Crippen molar-refractivity contribution in [3.63, 3.8) is 0 Å². The maximum Gasteiger partial charge on any atom is 0.337 e. The fourth-order valence-corrected chi connectivity index (χ4v) is 5.69. The minimum Gasteiger partial charge on any atom is -0.280 e. The monoisotopic (exact) mass is 416 g/mol. The van der Waals surface area contributed by atoms with Gasteiger partial charge in [-0.3, -0.25) is 9.36 Å². The molecule has 0 saturated heterocycles. The summed E-state index contributed by atoms with van der Waals surface area (Å²) in [5.74, 6) is 0. The van der Waals surface area contributed by atoms with Crippen LogP contribution < -0.4 is 11.2 Å². The van der Waals surface area contributed by atoms with E-state index in [1.165, 1.54) is 15.0 Å². The normalized spacial score (nSPS) is 13.2. The van der Waals surface area contributed by atoms with Crippen molar-refractivity contribution in [3.05, 3.63) is 96.0 Å². The molecule has 0 aliphatic heterocycles. The van der Waals surface area contributed by atoms with Crippen LogP contribution in [0.15, 0.2) is 52.1 Å². The molecule has 5 rings (SSSR count). The van der Waals surface area contributed by atoms with Gasteiger partial charge in [0.15, 0.2) is 0 Å². The van der Waals surface area contributed by atoms with Crippen LogP contribution in [-0.2, 0) is 19.4 Å². The van der Waals surface area contributed by atoms with Crippen LogP contribution in [0.4, 0.5) is 0 Å². The average molecular weight is 417 g/mol. The molecule has 0 bridgehead atoms. The molecule has 1 aliphatic rings. The van der Waals surface area contributed by atoms with Crippen molar-refractivity contribution in [2.24, 2.45) is 0 Å². The fourth-order valence-electron chi connectivity index (χ4n) is 4.31. The van der Waals surface area contributed by atoms with Crippen molar-refractivity contribution >= 4 is 21.6 Å². The van der Waals surface area contributed by atoms with Crippen molar-refractivity contribution in [2.75, 3.05) is 0 Å². The van der Waals surface area contributed by atoms with Crippen molar-refractivity contribution in [2.45, 2.75) is 46.6 Å². The molecule has 4 aromatic rings. The van der Waals surface area contributed by atoms with Crippen molar-refractivity contribution in [1.29, 1.82) is 0 Å². The molecule has 1 aliphatic carbocycles. The molecule has 0 spiro atoms. The highest BCUT2D eigenvalue weighted by Crippen LogP contribution is 2.35. The van der Waals surface area contributed by atoms with Gasteiger partial charge in [0.05, 0.1) is 17.6 Å². The van der Waals surface area contributed by atoms with Gasteiger partial charge in [0.1, 0.15) is 4.83 Å². The second-order valence-electron chi connectivity index (χ2n) is 8.30. The molecule has 0 unspecified atom stereocenters. The van der Waals surface area contributed by atoms with Crippen LogP contribution in [0.5, 0.6) is 0 Å². The Bertz CT molecular complexity index is 1400. The van der Waals surface area contributed by atoms with Gasteiger partial charge < -0.3 is 0 Å². The van der Waals surface area contributed by atoms with Crippen molar-refractivity contribution in [3.8, 4) is 5.69 Å². The summed E-state index contributed by atoms with van der Waals surface area (Å²) >= 11 is 1.62. The lowest BCUT2D eigenvalue weighted by Gasteiger charge is -2.14. The molecule has 0 radical (unpaired) electrons. The predicted molar refractivity (Wildman–Crippen MR) is 123 cm³/mol. The van der Waals surface area contributed by atoms with Gasteiger partial charge in [0.25, 0.3) is 5.56 Å². The zero-order chi connectivity index (χ0) is 21.0. The number of fused-ring (bicyclic) bond motifs is 3. The number of hydrogen-bond acceptors (Lipinski definition) is 3. The molecule has 0 atom stereocenters. The molecule has 0 amide bonds. The molecule has 4 nitrogen and oxygen atoms in total. The first-order chi connectivity index (χ1) is 14.4. The summed E-state index contributed by atoms with van der Waals surface area (Å²) < 4.78 is 3.16. The number of nitrogens with zero attached hydrogens (tertiary/aromatic N) is 2. The first-order valence-electron chi connectivity index (χ1n) is 10.4. The standard InChI is InChI=1S/C25H24N2O2S/c1-15-7-10-18(11-8-15)14-26-24-22(20-5-4-6-21(20)30-24)23(28)27(25(26)29)19-12-9-16(2)17(3)13-19/h7-13H,4-6,14H2,1-3H3. The lowest BCUT2D eigenvalue weighted by Crippen LogP contribution is -2.39. The van der Waals surface area contributed by atoms with E-state index in [2.05, 4.69) is 31.2 Å². The smallest absolute Gasteiger partial charge is 0.280 e. The van der Waals surface area contributed by atoms with Crippen LogP contribution in [0.25, 0.3) is 15.9 Å².